The maximum Gasteiger partial charge on any atom is 0.125 e. The van der Waals surface area contributed by atoms with Crippen LogP contribution < -0.4 is 10.1 Å². The SMILES string of the molecule is COc1c(C)ccc(CC2CCCNC2)c1C(C)C. The van der Waals surface area contributed by atoms with Crippen molar-refractivity contribution in [2.24, 2.45) is 5.92 Å². The molecule has 1 aromatic rings. The van der Waals surface area contributed by atoms with E-state index in [1.165, 1.54) is 42.5 Å². The molecule has 1 aliphatic rings. The molecule has 0 bridgehead atoms. The Bertz CT molecular complexity index is 420. The molecular formula is C17H27NO. The van der Waals surface area contributed by atoms with Gasteiger partial charge in [-0.2, -0.15) is 0 Å². The van der Waals surface area contributed by atoms with Crippen LogP contribution in [0.2, 0.25) is 0 Å². The van der Waals surface area contributed by atoms with E-state index in [2.05, 4.69) is 38.2 Å². The topological polar surface area (TPSA) is 21.3 Å². The summed E-state index contributed by atoms with van der Waals surface area (Å²) in [5.74, 6) is 2.39. The molecular weight excluding hydrogens is 234 g/mol. The zero-order valence-electron chi connectivity index (χ0n) is 12.8. The third-order valence-electron chi connectivity index (χ3n) is 4.17. The highest BCUT2D eigenvalue weighted by atomic mass is 16.5. The number of aryl methyl sites for hydroxylation is 1. The maximum absolute atomic E-state index is 5.65. The molecule has 0 spiro atoms. The fourth-order valence-corrected chi connectivity index (χ4v) is 3.24. The van der Waals surface area contributed by atoms with Crippen molar-refractivity contribution in [1.29, 1.82) is 0 Å². The van der Waals surface area contributed by atoms with Gasteiger partial charge in [-0.3, -0.25) is 0 Å². The molecule has 1 atom stereocenters. The molecule has 1 aromatic carbocycles. The minimum absolute atomic E-state index is 0.515. The molecule has 1 saturated heterocycles. The molecule has 1 fully saturated rings. The Balaban J connectivity index is 2.28. The lowest BCUT2D eigenvalue weighted by molar-refractivity contribution is 0.372. The van der Waals surface area contributed by atoms with Crippen LogP contribution in [0.4, 0.5) is 0 Å². The second-order valence-electron chi connectivity index (χ2n) is 6.06. The number of hydrogen-bond donors (Lipinski definition) is 1. The normalized spacial score (nSPS) is 19.7. The highest BCUT2D eigenvalue weighted by Gasteiger charge is 2.19. The first-order valence-corrected chi connectivity index (χ1v) is 7.50. The van der Waals surface area contributed by atoms with E-state index in [0.717, 1.165) is 18.2 Å². The number of piperidine rings is 1. The van der Waals surface area contributed by atoms with Gasteiger partial charge in [-0.1, -0.05) is 26.0 Å². The zero-order valence-corrected chi connectivity index (χ0v) is 12.8. The van der Waals surface area contributed by atoms with Gasteiger partial charge in [0.25, 0.3) is 0 Å². The molecule has 0 aliphatic carbocycles. The van der Waals surface area contributed by atoms with Gasteiger partial charge in [-0.05, 0) is 62.2 Å². The van der Waals surface area contributed by atoms with Gasteiger partial charge in [0.05, 0.1) is 7.11 Å². The Labute approximate surface area is 117 Å². The van der Waals surface area contributed by atoms with E-state index in [0.29, 0.717) is 5.92 Å². The summed E-state index contributed by atoms with van der Waals surface area (Å²) in [6.45, 7) is 9.01. The Morgan fingerprint density at radius 2 is 2.16 bits per heavy atom. The van der Waals surface area contributed by atoms with Crippen LogP contribution in [-0.2, 0) is 6.42 Å². The maximum atomic E-state index is 5.65. The molecule has 2 heteroatoms. The lowest BCUT2D eigenvalue weighted by Gasteiger charge is -2.25. The molecule has 1 heterocycles. The largest absolute Gasteiger partial charge is 0.496 e. The first-order valence-electron chi connectivity index (χ1n) is 7.50. The fraction of sp³-hybridized carbons (Fsp3) is 0.647. The van der Waals surface area contributed by atoms with E-state index in [9.17, 15) is 0 Å². The molecule has 2 rings (SSSR count). The van der Waals surface area contributed by atoms with Crippen molar-refractivity contribution >= 4 is 0 Å². The summed E-state index contributed by atoms with van der Waals surface area (Å²) in [7, 11) is 1.79. The molecule has 19 heavy (non-hydrogen) atoms. The summed E-state index contributed by atoms with van der Waals surface area (Å²) in [4.78, 5) is 0. The predicted octanol–water partition coefficient (Wildman–Crippen LogP) is 3.67. The third kappa shape index (κ3) is 3.30. The van der Waals surface area contributed by atoms with Crippen molar-refractivity contribution in [2.45, 2.75) is 46.0 Å². The average Bonchev–Trinajstić information content (AvgIpc) is 2.41. The molecule has 1 aliphatic heterocycles. The number of methoxy groups -OCH3 is 1. The molecule has 1 N–H and O–H groups in total. The van der Waals surface area contributed by atoms with Crippen LogP contribution in [0.25, 0.3) is 0 Å². The van der Waals surface area contributed by atoms with Crippen LogP contribution in [-0.4, -0.2) is 20.2 Å². The first-order chi connectivity index (χ1) is 9.13. The van der Waals surface area contributed by atoms with Crippen molar-refractivity contribution in [3.63, 3.8) is 0 Å². The van der Waals surface area contributed by atoms with Crippen molar-refractivity contribution in [1.82, 2.24) is 5.32 Å². The summed E-state index contributed by atoms with van der Waals surface area (Å²) in [5, 5.41) is 3.51. The van der Waals surface area contributed by atoms with Gasteiger partial charge in [-0.15, -0.1) is 0 Å². The standard InChI is InChI=1S/C17H27NO/c1-12(2)16-15(8-7-13(3)17(16)19-4)10-14-6-5-9-18-11-14/h7-8,12,14,18H,5-6,9-11H2,1-4H3. The third-order valence-corrected chi connectivity index (χ3v) is 4.17. The number of nitrogens with one attached hydrogen (secondary N) is 1. The first kappa shape index (κ1) is 14.4. The summed E-state index contributed by atoms with van der Waals surface area (Å²) in [6.07, 6.45) is 3.84. The Kier molecular flexibility index (Phi) is 4.87. The lowest BCUT2D eigenvalue weighted by Crippen LogP contribution is -2.31. The van der Waals surface area contributed by atoms with Crippen molar-refractivity contribution in [3.8, 4) is 5.75 Å². The quantitative estimate of drug-likeness (QED) is 0.893. The molecule has 0 aromatic heterocycles. The van der Waals surface area contributed by atoms with E-state index in [-0.39, 0.29) is 0 Å². The summed E-state index contributed by atoms with van der Waals surface area (Å²) in [5.41, 5.74) is 4.14. The van der Waals surface area contributed by atoms with Gasteiger partial charge in [-0.25, -0.2) is 0 Å². The van der Waals surface area contributed by atoms with E-state index in [4.69, 9.17) is 4.74 Å². The summed E-state index contributed by atoms with van der Waals surface area (Å²) in [6, 6.07) is 4.51. The number of ether oxygens (including phenoxy) is 1. The highest BCUT2D eigenvalue weighted by molar-refractivity contribution is 5.48. The monoisotopic (exact) mass is 261 g/mol. The number of benzene rings is 1. The Hall–Kier alpha value is -1.02. The number of rotatable bonds is 4. The van der Waals surface area contributed by atoms with Crippen LogP contribution in [0.15, 0.2) is 12.1 Å². The Morgan fingerprint density at radius 1 is 1.37 bits per heavy atom. The van der Waals surface area contributed by atoms with Gasteiger partial charge >= 0.3 is 0 Å². The van der Waals surface area contributed by atoms with Gasteiger partial charge in [0.1, 0.15) is 5.75 Å². The summed E-state index contributed by atoms with van der Waals surface area (Å²) >= 11 is 0. The van der Waals surface area contributed by atoms with Gasteiger partial charge < -0.3 is 10.1 Å². The summed E-state index contributed by atoms with van der Waals surface area (Å²) < 4.78 is 5.65. The van der Waals surface area contributed by atoms with E-state index in [1.54, 1.807) is 7.11 Å². The molecule has 2 nitrogen and oxygen atoms in total. The van der Waals surface area contributed by atoms with Crippen LogP contribution in [0.3, 0.4) is 0 Å². The molecule has 1 unspecified atom stereocenters. The smallest absolute Gasteiger partial charge is 0.125 e. The van der Waals surface area contributed by atoms with Crippen LogP contribution in [0.1, 0.15) is 49.3 Å². The van der Waals surface area contributed by atoms with E-state index in [1.807, 2.05) is 0 Å². The van der Waals surface area contributed by atoms with Gasteiger partial charge in [0.15, 0.2) is 0 Å². The highest BCUT2D eigenvalue weighted by Crippen LogP contribution is 2.34. The van der Waals surface area contributed by atoms with E-state index >= 15 is 0 Å². The van der Waals surface area contributed by atoms with Gasteiger partial charge in [0, 0.05) is 5.56 Å². The molecule has 0 amide bonds. The van der Waals surface area contributed by atoms with Crippen LogP contribution in [0, 0.1) is 12.8 Å². The minimum Gasteiger partial charge on any atom is -0.496 e. The van der Waals surface area contributed by atoms with Gasteiger partial charge in [0.2, 0.25) is 0 Å². The second-order valence-corrected chi connectivity index (χ2v) is 6.06. The molecule has 0 saturated carbocycles. The molecule has 0 radical (unpaired) electrons. The predicted molar refractivity (Wildman–Crippen MR) is 81.1 cm³/mol. The van der Waals surface area contributed by atoms with Crippen molar-refractivity contribution in [3.05, 3.63) is 28.8 Å². The molecule has 106 valence electrons. The second kappa shape index (κ2) is 6.42. The van der Waals surface area contributed by atoms with Crippen molar-refractivity contribution in [2.75, 3.05) is 20.2 Å². The lowest BCUT2D eigenvalue weighted by atomic mass is 9.86. The van der Waals surface area contributed by atoms with Crippen molar-refractivity contribution < 1.29 is 4.74 Å². The van der Waals surface area contributed by atoms with Crippen LogP contribution >= 0.6 is 0 Å². The fourth-order valence-electron chi connectivity index (χ4n) is 3.24. The number of hydrogen-bond acceptors (Lipinski definition) is 2. The zero-order chi connectivity index (χ0) is 13.8. The van der Waals surface area contributed by atoms with Crippen LogP contribution in [0.5, 0.6) is 5.75 Å². The minimum atomic E-state index is 0.515. The van der Waals surface area contributed by atoms with E-state index < -0.39 is 0 Å². The Morgan fingerprint density at radius 3 is 2.74 bits per heavy atom. The average molecular weight is 261 g/mol.